The minimum absolute atomic E-state index is 0.0202. The van der Waals surface area contributed by atoms with Gasteiger partial charge in [-0.2, -0.15) is 0 Å². The van der Waals surface area contributed by atoms with E-state index in [0.717, 1.165) is 36.8 Å². The molecule has 0 saturated heterocycles. The molecule has 2 amide bonds. The molecule has 1 aliphatic rings. The number of rotatable bonds is 7. The topological polar surface area (TPSA) is 92.3 Å². The quantitative estimate of drug-likeness (QED) is 0.349. The van der Waals surface area contributed by atoms with Crippen LogP contribution in [0.2, 0.25) is 5.02 Å². The molecule has 0 aromatic carbocycles. The third-order valence-corrected chi connectivity index (χ3v) is 8.22. The van der Waals surface area contributed by atoms with Gasteiger partial charge in [0.05, 0.1) is 21.1 Å². The fourth-order valence-corrected chi connectivity index (χ4v) is 6.02. The summed E-state index contributed by atoms with van der Waals surface area (Å²) < 4.78 is 0. The van der Waals surface area contributed by atoms with Crippen LogP contribution in [0.1, 0.15) is 66.6 Å². The van der Waals surface area contributed by atoms with Gasteiger partial charge in [-0.1, -0.05) is 18.5 Å². The Morgan fingerprint density at radius 3 is 2.54 bits per heavy atom. The molecule has 35 heavy (non-hydrogen) atoms. The zero-order valence-electron chi connectivity index (χ0n) is 19.8. The second-order valence-corrected chi connectivity index (χ2v) is 11.3. The van der Waals surface area contributed by atoms with Gasteiger partial charge in [0.1, 0.15) is 5.69 Å². The normalized spacial score (nSPS) is 17.9. The molecule has 0 unspecified atom stereocenters. The predicted molar refractivity (Wildman–Crippen MR) is 142 cm³/mol. The number of nitrogens with one attached hydrogen (secondary N) is 1. The number of aromatic nitrogens is 2. The molecular formula is C25H27ClN4O3S2. The third kappa shape index (κ3) is 5.63. The molecule has 3 aromatic rings. The molecule has 0 bridgehead atoms. The molecule has 10 heteroatoms. The standard InChI is InChI=1S/C25H27ClN4O3S2/c1-14(2)30(25(33)16-6-4-15(3)5-7-16)20-9-21(35-22(20)11-31)17-8-18(26)23(27-10-17)29-24(32)19-12-34-13-28-19/h8-16H,4-7H2,1-3H3,(H,27,29,32)/t15-,16-. The predicted octanol–water partition coefficient (Wildman–Crippen LogP) is 6.55. The van der Waals surface area contributed by atoms with E-state index >= 15 is 0 Å². The van der Waals surface area contributed by atoms with Gasteiger partial charge in [-0.3, -0.25) is 14.4 Å². The minimum atomic E-state index is -0.391. The molecule has 3 aromatic heterocycles. The first-order chi connectivity index (χ1) is 16.8. The van der Waals surface area contributed by atoms with E-state index in [0.29, 0.717) is 27.7 Å². The van der Waals surface area contributed by atoms with Gasteiger partial charge < -0.3 is 10.2 Å². The fraction of sp³-hybridized carbons (Fsp3) is 0.400. The van der Waals surface area contributed by atoms with E-state index in [4.69, 9.17) is 11.6 Å². The van der Waals surface area contributed by atoms with Crippen LogP contribution < -0.4 is 10.2 Å². The lowest BCUT2D eigenvalue weighted by Gasteiger charge is -2.33. The first-order valence-corrected chi connectivity index (χ1v) is 13.7. The average molecular weight is 531 g/mol. The average Bonchev–Trinajstić information content (AvgIpc) is 3.51. The van der Waals surface area contributed by atoms with Gasteiger partial charge in [-0.25, -0.2) is 9.97 Å². The molecule has 0 aliphatic heterocycles. The minimum Gasteiger partial charge on any atom is -0.308 e. The summed E-state index contributed by atoms with van der Waals surface area (Å²) in [6, 6.07) is 3.46. The third-order valence-electron chi connectivity index (χ3n) is 6.25. The lowest BCUT2D eigenvalue weighted by atomic mass is 9.82. The van der Waals surface area contributed by atoms with Crippen LogP contribution in [0.4, 0.5) is 11.5 Å². The van der Waals surface area contributed by atoms with Gasteiger partial charge >= 0.3 is 0 Å². The molecule has 0 radical (unpaired) electrons. The van der Waals surface area contributed by atoms with Gasteiger partial charge in [0.2, 0.25) is 5.91 Å². The van der Waals surface area contributed by atoms with Crippen molar-refractivity contribution in [3.05, 3.63) is 44.8 Å². The van der Waals surface area contributed by atoms with Crippen molar-refractivity contribution in [3.8, 4) is 10.4 Å². The highest BCUT2D eigenvalue weighted by Gasteiger charge is 2.32. The van der Waals surface area contributed by atoms with Gasteiger partial charge in [0.25, 0.3) is 5.91 Å². The highest BCUT2D eigenvalue weighted by Crippen LogP contribution is 2.40. The summed E-state index contributed by atoms with van der Waals surface area (Å²) in [4.78, 5) is 49.1. The van der Waals surface area contributed by atoms with Crippen molar-refractivity contribution in [3.63, 3.8) is 0 Å². The Morgan fingerprint density at radius 1 is 1.20 bits per heavy atom. The number of hydrogen-bond donors (Lipinski definition) is 1. The Labute approximate surface area is 217 Å². The van der Waals surface area contributed by atoms with E-state index in [1.165, 1.54) is 22.7 Å². The zero-order valence-corrected chi connectivity index (χ0v) is 22.2. The molecule has 4 rings (SSSR count). The monoisotopic (exact) mass is 530 g/mol. The number of nitrogens with zero attached hydrogens (tertiary/aromatic N) is 3. The zero-order chi connectivity index (χ0) is 25.1. The van der Waals surface area contributed by atoms with E-state index in [1.54, 1.807) is 28.1 Å². The maximum Gasteiger partial charge on any atom is 0.276 e. The van der Waals surface area contributed by atoms with Crippen LogP contribution in [0.25, 0.3) is 10.4 Å². The van der Waals surface area contributed by atoms with Gasteiger partial charge in [0, 0.05) is 34.0 Å². The number of carbonyl (C=O) groups excluding carboxylic acids is 3. The molecule has 1 fully saturated rings. The van der Waals surface area contributed by atoms with E-state index < -0.39 is 5.91 Å². The largest absolute Gasteiger partial charge is 0.308 e. The SMILES string of the molecule is CC(C)N(c1cc(-c2cnc(NC(=O)c3cscn3)c(Cl)c2)sc1C=O)C(=O)[C@H]1CC[C@H](C)CC1. The molecule has 1 aliphatic carbocycles. The summed E-state index contributed by atoms with van der Waals surface area (Å²) >= 11 is 9.03. The maximum atomic E-state index is 13.5. The fourth-order valence-electron chi connectivity index (χ4n) is 4.33. The number of amides is 2. The molecule has 0 atom stereocenters. The number of pyridine rings is 1. The van der Waals surface area contributed by atoms with E-state index in [2.05, 4.69) is 22.2 Å². The highest BCUT2D eigenvalue weighted by molar-refractivity contribution is 7.17. The summed E-state index contributed by atoms with van der Waals surface area (Å²) in [7, 11) is 0. The lowest BCUT2D eigenvalue weighted by Crippen LogP contribution is -2.42. The Bertz CT molecular complexity index is 1220. The highest BCUT2D eigenvalue weighted by atomic mass is 35.5. The molecule has 0 spiro atoms. The second kappa shape index (κ2) is 11.0. The molecule has 3 heterocycles. The van der Waals surface area contributed by atoms with Crippen LogP contribution in [0.15, 0.2) is 29.2 Å². The van der Waals surface area contributed by atoms with E-state index in [9.17, 15) is 14.4 Å². The van der Waals surface area contributed by atoms with Crippen molar-refractivity contribution < 1.29 is 14.4 Å². The van der Waals surface area contributed by atoms with Crippen LogP contribution in [-0.2, 0) is 4.79 Å². The summed E-state index contributed by atoms with van der Waals surface area (Å²) in [5.41, 5.74) is 3.19. The first kappa shape index (κ1) is 25.5. The van der Waals surface area contributed by atoms with Gasteiger partial charge in [-0.05, 0) is 57.6 Å². The number of aldehydes is 1. The number of anilines is 2. The first-order valence-electron chi connectivity index (χ1n) is 11.6. The van der Waals surface area contributed by atoms with Crippen LogP contribution in [-0.4, -0.2) is 34.1 Å². The molecule has 184 valence electrons. The molecule has 1 N–H and O–H groups in total. The molecule has 7 nitrogen and oxygen atoms in total. The summed E-state index contributed by atoms with van der Waals surface area (Å²) in [5, 5.41) is 4.57. The summed E-state index contributed by atoms with van der Waals surface area (Å²) in [5.74, 6) is 0.546. The number of thiazole rings is 1. The lowest BCUT2D eigenvalue weighted by molar-refractivity contribution is -0.123. The van der Waals surface area contributed by atoms with Crippen molar-refractivity contribution in [2.45, 2.75) is 52.5 Å². The van der Waals surface area contributed by atoms with Crippen LogP contribution in [0.5, 0.6) is 0 Å². The van der Waals surface area contributed by atoms with E-state index in [1.807, 2.05) is 19.9 Å². The van der Waals surface area contributed by atoms with Crippen LogP contribution in [0.3, 0.4) is 0 Å². The van der Waals surface area contributed by atoms with Crippen LogP contribution in [0, 0.1) is 11.8 Å². The van der Waals surface area contributed by atoms with Gasteiger partial charge in [-0.15, -0.1) is 22.7 Å². The summed E-state index contributed by atoms with van der Waals surface area (Å²) in [6.45, 7) is 6.16. The van der Waals surface area contributed by atoms with Crippen molar-refractivity contribution in [2.24, 2.45) is 11.8 Å². The van der Waals surface area contributed by atoms with Crippen molar-refractivity contribution in [1.82, 2.24) is 9.97 Å². The smallest absolute Gasteiger partial charge is 0.276 e. The Balaban J connectivity index is 1.60. The van der Waals surface area contributed by atoms with Crippen molar-refractivity contribution >= 4 is 63.9 Å². The molecule has 1 saturated carbocycles. The number of hydrogen-bond acceptors (Lipinski definition) is 7. The number of halogens is 1. The Morgan fingerprint density at radius 2 is 1.94 bits per heavy atom. The van der Waals surface area contributed by atoms with Crippen molar-refractivity contribution in [1.29, 1.82) is 0 Å². The summed E-state index contributed by atoms with van der Waals surface area (Å²) in [6.07, 6.45) is 6.25. The number of thiophene rings is 1. The van der Waals surface area contributed by atoms with Gasteiger partial charge in [0.15, 0.2) is 12.1 Å². The molecular weight excluding hydrogens is 504 g/mol. The Kier molecular flexibility index (Phi) is 7.98. The van der Waals surface area contributed by atoms with E-state index in [-0.39, 0.29) is 28.7 Å². The van der Waals surface area contributed by atoms with Crippen LogP contribution >= 0.6 is 34.3 Å². The Hall–Kier alpha value is -2.62. The maximum absolute atomic E-state index is 13.5. The second-order valence-electron chi connectivity index (χ2n) is 9.12. The van der Waals surface area contributed by atoms with Crippen molar-refractivity contribution in [2.75, 3.05) is 10.2 Å². The number of carbonyl (C=O) groups is 3.